The van der Waals surface area contributed by atoms with E-state index < -0.39 is 0 Å². The summed E-state index contributed by atoms with van der Waals surface area (Å²) in [5, 5.41) is 8.87. The lowest BCUT2D eigenvalue weighted by Crippen LogP contribution is -2.28. The van der Waals surface area contributed by atoms with Crippen LogP contribution in [-0.2, 0) is 10.8 Å². The van der Waals surface area contributed by atoms with E-state index in [4.69, 9.17) is 5.41 Å². The molecule has 0 unspecified atom stereocenters. The van der Waals surface area contributed by atoms with E-state index in [1.165, 1.54) is 39.5 Å². The van der Waals surface area contributed by atoms with Gasteiger partial charge in [0.25, 0.3) is 0 Å². The molecule has 1 aliphatic carbocycles. The van der Waals surface area contributed by atoms with Gasteiger partial charge in [0.05, 0.1) is 11.1 Å². The van der Waals surface area contributed by atoms with E-state index in [0.717, 1.165) is 24.8 Å². The lowest BCUT2D eigenvalue weighted by atomic mass is 9.80. The van der Waals surface area contributed by atoms with Crippen LogP contribution in [0, 0.1) is 5.41 Å². The number of benzene rings is 2. The molecule has 1 saturated carbocycles. The topological polar surface area (TPSA) is 30.1 Å². The second-order valence-corrected chi connectivity index (χ2v) is 10.9. The predicted octanol–water partition coefficient (Wildman–Crippen LogP) is 7.06. The second-order valence-electron chi connectivity index (χ2n) is 10.9. The molecule has 0 aromatic heterocycles. The average Bonchev–Trinajstić information content (AvgIpc) is 3.33. The average molecular weight is 451 g/mol. The molecule has 5 rings (SSSR count). The van der Waals surface area contributed by atoms with Gasteiger partial charge in [0, 0.05) is 41.9 Å². The third kappa shape index (κ3) is 3.33. The van der Waals surface area contributed by atoms with Gasteiger partial charge in [0.2, 0.25) is 5.69 Å². The van der Waals surface area contributed by atoms with Gasteiger partial charge in [-0.1, -0.05) is 62.4 Å². The molecule has 0 spiro atoms. The second kappa shape index (κ2) is 7.94. The minimum Gasteiger partial charge on any atom is -0.347 e. The molecular formula is C31H36N3+. The van der Waals surface area contributed by atoms with Gasteiger partial charge in [-0.3, -0.25) is 0 Å². The normalized spacial score (nSPS) is 24.0. The van der Waals surface area contributed by atoms with E-state index in [2.05, 4.69) is 118 Å². The summed E-state index contributed by atoms with van der Waals surface area (Å²) in [6, 6.07) is 17.4. The Bertz CT molecular complexity index is 1310. The molecule has 0 saturated heterocycles. The van der Waals surface area contributed by atoms with Crippen molar-refractivity contribution >= 4 is 22.8 Å². The minimum atomic E-state index is -0.0356. The number of hydrogen-bond acceptors (Lipinski definition) is 2. The van der Waals surface area contributed by atoms with E-state index in [1.54, 1.807) is 0 Å². The van der Waals surface area contributed by atoms with Crippen molar-refractivity contribution in [2.75, 3.05) is 19.0 Å². The summed E-state index contributed by atoms with van der Waals surface area (Å²) in [4.78, 5) is 2.30. The number of nitrogens with zero attached hydrogens (tertiary/aromatic N) is 2. The summed E-state index contributed by atoms with van der Waals surface area (Å²) in [6.07, 6.45) is 9.52. The van der Waals surface area contributed by atoms with Gasteiger partial charge in [-0.15, -0.1) is 0 Å². The Morgan fingerprint density at radius 2 is 1.53 bits per heavy atom. The van der Waals surface area contributed by atoms with Gasteiger partial charge in [0.15, 0.2) is 5.71 Å². The Kier molecular flexibility index (Phi) is 5.27. The van der Waals surface area contributed by atoms with Crippen LogP contribution in [0.15, 0.2) is 83.6 Å². The van der Waals surface area contributed by atoms with Crippen molar-refractivity contribution in [3.63, 3.8) is 0 Å². The standard InChI is InChI=1S/C31H36N3/c1-30(2)23-11-7-9-13-25(23)33(5)27(30)19-17-21-15-16-22(29(21)32)18-20-28-31(3,4)24-12-8-10-14-26(24)34(28)6/h7-14,17-19,32H,15-16,20H2,1-6H3/q+1. The Labute approximate surface area is 204 Å². The first kappa shape index (κ1) is 22.6. The molecule has 1 N–H and O–H groups in total. The summed E-state index contributed by atoms with van der Waals surface area (Å²) in [5.74, 6) is 0. The highest BCUT2D eigenvalue weighted by atomic mass is 15.2. The number of likely N-dealkylation sites (N-methyl/N-ethyl adjacent to an activating group) is 1. The van der Waals surface area contributed by atoms with Crippen LogP contribution in [0.3, 0.4) is 0 Å². The first-order valence-corrected chi connectivity index (χ1v) is 12.4. The van der Waals surface area contributed by atoms with Crippen molar-refractivity contribution in [3.05, 3.63) is 94.7 Å². The van der Waals surface area contributed by atoms with Crippen LogP contribution in [-0.4, -0.2) is 30.1 Å². The number of nitrogens with one attached hydrogen (secondary N) is 1. The molecule has 2 aliphatic heterocycles. The molecule has 0 amide bonds. The molecule has 2 heterocycles. The van der Waals surface area contributed by atoms with Crippen LogP contribution in [0.5, 0.6) is 0 Å². The number of hydrogen-bond donors (Lipinski definition) is 1. The summed E-state index contributed by atoms with van der Waals surface area (Å²) >= 11 is 0. The maximum Gasteiger partial charge on any atom is 0.209 e. The smallest absolute Gasteiger partial charge is 0.209 e. The van der Waals surface area contributed by atoms with E-state index >= 15 is 0 Å². The minimum absolute atomic E-state index is 0.0138. The SMILES string of the molecule is CN1C(=CC=C2CCC(=CCC3=[N+](C)c4ccccc4C3(C)C)C2=N)C(C)(C)c2ccccc21. The molecule has 174 valence electrons. The number of allylic oxidation sites excluding steroid dienone is 6. The highest BCUT2D eigenvalue weighted by Crippen LogP contribution is 2.47. The van der Waals surface area contributed by atoms with Crippen LogP contribution in [0.4, 0.5) is 11.4 Å². The Hall–Kier alpha value is -3.20. The largest absolute Gasteiger partial charge is 0.347 e. The first-order valence-electron chi connectivity index (χ1n) is 12.4. The zero-order chi connectivity index (χ0) is 24.3. The van der Waals surface area contributed by atoms with Gasteiger partial charge >= 0.3 is 0 Å². The monoisotopic (exact) mass is 450 g/mol. The molecule has 1 fully saturated rings. The Morgan fingerprint density at radius 1 is 0.882 bits per heavy atom. The van der Waals surface area contributed by atoms with Crippen LogP contribution in [0.1, 0.15) is 58.1 Å². The van der Waals surface area contributed by atoms with Gasteiger partial charge in [-0.05, 0) is 55.5 Å². The quantitative estimate of drug-likeness (QED) is 0.498. The van der Waals surface area contributed by atoms with Crippen molar-refractivity contribution < 1.29 is 4.58 Å². The van der Waals surface area contributed by atoms with Gasteiger partial charge in [-0.25, -0.2) is 4.58 Å². The van der Waals surface area contributed by atoms with Crippen LogP contribution in [0.2, 0.25) is 0 Å². The molecule has 2 aromatic rings. The number of anilines is 1. The van der Waals surface area contributed by atoms with Crippen molar-refractivity contribution in [2.45, 2.75) is 57.8 Å². The van der Waals surface area contributed by atoms with Crippen molar-refractivity contribution in [1.82, 2.24) is 0 Å². The Morgan fingerprint density at radius 3 is 2.24 bits per heavy atom. The van der Waals surface area contributed by atoms with Crippen molar-refractivity contribution in [2.24, 2.45) is 0 Å². The summed E-state index contributed by atoms with van der Waals surface area (Å²) in [6.45, 7) is 9.22. The van der Waals surface area contributed by atoms with Crippen molar-refractivity contribution in [1.29, 1.82) is 5.41 Å². The van der Waals surface area contributed by atoms with E-state index in [9.17, 15) is 0 Å². The maximum atomic E-state index is 8.87. The molecule has 3 aliphatic rings. The third-order valence-corrected chi connectivity index (χ3v) is 8.30. The summed E-state index contributed by atoms with van der Waals surface area (Å²) in [7, 11) is 4.33. The van der Waals surface area contributed by atoms with Crippen LogP contribution in [0.25, 0.3) is 0 Å². The molecular weight excluding hydrogens is 414 g/mol. The molecule has 2 aromatic carbocycles. The third-order valence-electron chi connectivity index (χ3n) is 8.30. The van der Waals surface area contributed by atoms with Gasteiger partial charge in [-0.2, -0.15) is 0 Å². The molecule has 3 nitrogen and oxygen atoms in total. The fourth-order valence-corrected chi connectivity index (χ4v) is 6.20. The van der Waals surface area contributed by atoms with Gasteiger partial charge < -0.3 is 10.3 Å². The zero-order valence-electron chi connectivity index (χ0n) is 21.4. The van der Waals surface area contributed by atoms with Gasteiger partial charge in [0.1, 0.15) is 7.05 Å². The molecule has 3 heteroatoms. The maximum absolute atomic E-state index is 8.87. The lowest BCUT2D eigenvalue weighted by molar-refractivity contribution is -0.403. The molecule has 0 bridgehead atoms. The number of rotatable bonds is 3. The highest BCUT2D eigenvalue weighted by molar-refractivity contribution is 6.13. The van der Waals surface area contributed by atoms with Crippen molar-refractivity contribution in [3.8, 4) is 0 Å². The lowest BCUT2D eigenvalue weighted by Gasteiger charge is -2.23. The van der Waals surface area contributed by atoms with Crippen LogP contribution < -0.4 is 4.90 Å². The summed E-state index contributed by atoms with van der Waals surface area (Å²) in [5.41, 5.74) is 11.0. The molecule has 34 heavy (non-hydrogen) atoms. The number of fused-ring (bicyclic) bond motifs is 2. The summed E-state index contributed by atoms with van der Waals surface area (Å²) < 4.78 is 2.35. The zero-order valence-corrected chi connectivity index (χ0v) is 21.4. The predicted molar refractivity (Wildman–Crippen MR) is 144 cm³/mol. The van der Waals surface area contributed by atoms with Crippen LogP contribution >= 0.6 is 0 Å². The van der Waals surface area contributed by atoms with E-state index in [0.29, 0.717) is 5.71 Å². The molecule has 0 atom stereocenters. The highest BCUT2D eigenvalue weighted by Gasteiger charge is 2.43. The van der Waals surface area contributed by atoms with E-state index in [-0.39, 0.29) is 10.8 Å². The fourth-order valence-electron chi connectivity index (χ4n) is 6.20. The number of para-hydroxylation sites is 2. The molecule has 0 radical (unpaired) electrons. The fraction of sp³-hybridized carbons (Fsp3) is 0.355. The van der Waals surface area contributed by atoms with E-state index in [1.807, 2.05) is 0 Å². The first-order chi connectivity index (χ1) is 16.1. The Balaban J connectivity index is 1.37.